The molecule has 1 aliphatic rings. The second-order valence-corrected chi connectivity index (χ2v) is 5.95. The van der Waals surface area contributed by atoms with E-state index in [4.69, 9.17) is 5.73 Å². The molecule has 0 bridgehead atoms. The summed E-state index contributed by atoms with van der Waals surface area (Å²) in [5, 5.41) is 0. The molecular formula is C13H28N2S. The highest BCUT2D eigenvalue weighted by molar-refractivity contribution is 7.98. The van der Waals surface area contributed by atoms with E-state index in [1.807, 2.05) is 11.8 Å². The van der Waals surface area contributed by atoms with E-state index in [1.165, 1.54) is 50.8 Å². The zero-order valence-corrected chi connectivity index (χ0v) is 11.8. The number of hydrogen-bond donors (Lipinski definition) is 1. The van der Waals surface area contributed by atoms with Crippen LogP contribution in [0, 0.1) is 0 Å². The standard InChI is InChI=1S/C13H28N2S/c1-12-7-4-3-5-9-15(12)13(11-14)8-6-10-16-2/h12-13H,3-11,14H2,1-2H3. The predicted molar refractivity (Wildman–Crippen MR) is 75.1 cm³/mol. The average Bonchev–Trinajstić information content (AvgIpc) is 2.50. The summed E-state index contributed by atoms with van der Waals surface area (Å²) in [5.41, 5.74) is 5.95. The maximum absolute atomic E-state index is 5.95. The fourth-order valence-corrected chi connectivity index (χ4v) is 3.18. The first kappa shape index (κ1) is 14.3. The minimum atomic E-state index is 0.625. The highest BCUT2D eigenvalue weighted by Gasteiger charge is 2.23. The van der Waals surface area contributed by atoms with Gasteiger partial charge in [0.1, 0.15) is 0 Å². The summed E-state index contributed by atoms with van der Waals surface area (Å²) in [7, 11) is 0. The first-order valence-corrected chi connectivity index (χ1v) is 8.13. The van der Waals surface area contributed by atoms with E-state index in [2.05, 4.69) is 18.1 Å². The zero-order valence-electron chi connectivity index (χ0n) is 11.0. The summed E-state index contributed by atoms with van der Waals surface area (Å²) in [6.45, 7) is 4.48. The quantitative estimate of drug-likeness (QED) is 0.729. The molecule has 1 fully saturated rings. The van der Waals surface area contributed by atoms with Crippen LogP contribution < -0.4 is 5.73 Å². The Hall–Kier alpha value is 0.270. The molecule has 2 nitrogen and oxygen atoms in total. The molecule has 2 unspecified atom stereocenters. The smallest absolute Gasteiger partial charge is 0.0221 e. The van der Waals surface area contributed by atoms with Crippen LogP contribution in [-0.2, 0) is 0 Å². The van der Waals surface area contributed by atoms with Crippen molar-refractivity contribution in [2.45, 2.75) is 57.5 Å². The highest BCUT2D eigenvalue weighted by Crippen LogP contribution is 2.20. The van der Waals surface area contributed by atoms with E-state index in [9.17, 15) is 0 Å². The van der Waals surface area contributed by atoms with Crippen molar-refractivity contribution in [3.63, 3.8) is 0 Å². The molecule has 0 aromatic heterocycles. The summed E-state index contributed by atoms with van der Waals surface area (Å²) < 4.78 is 0. The molecule has 1 heterocycles. The first-order chi connectivity index (χ1) is 7.79. The molecule has 1 aliphatic heterocycles. The Morgan fingerprint density at radius 2 is 2.19 bits per heavy atom. The van der Waals surface area contributed by atoms with Gasteiger partial charge in [-0.25, -0.2) is 0 Å². The fourth-order valence-electron chi connectivity index (χ4n) is 2.72. The lowest BCUT2D eigenvalue weighted by Gasteiger charge is -2.34. The summed E-state index contributed by atoms with van der Waals surface area (Å²) in [6.07, 6.45) is 10.3. The molecule has 16 heavy (non-hydrogen) atoms. The van der Waals surface area contributed by atoms with Gasteiger partial charge >= 0.3 is 0 Å². The number of thioether (sulfide) groups is 1. The number of likely N-dealkylation sites (tertiary alicyclic amines) is 1. The van der Waals surface area contributed by atoms with Gasteiger partial charge in [-0.05, 0) is 51.2 Å². The molecule has 96 valence electrons. The van der Waals surface area contributed by atoms with Crippen LogP contribution in [-0.4, -0.2) is 42.1 Å². The molecule has 0 aliphatic carbocycles. The third kappa shape index (κ3) is 4.64. The van der Waals surface area contributed by atoms with E-state index in [0.29, 0.717) is 6.04 Å². The van der Waals surface area contributed by atoms with Crippen molar-refractivity contribution in [3.05, 3.63) is 0 Å². The fraction of sp³-hybridized carbons (Fsp3) is 1.00. The second-order valence-electron chi connectivity index (χ2n) is 4.96. The Labute approximate surface area is 105 Å². The lowest BCUT2D eigenvalue weighted by atomic mass is 10.1. The number of nitrogens with two attached hydrogens (primary N) is 1. The molecule has 2 N–H and O–H groups in total. The van der Waals surface area contributed by atoms with Crippen molar-refractivity contribution in [2.75, 3.05) is 25.1 Å². The van der Waals surface area contributed by atoms with Crippen LogP contribution in [0.3, 0.4) is 0 Å². The van der Waals surface area contributed by atoms with E-state index in [1.54, 1.807) is 0 Å². The third-order valence-corrected chi connectivity index (χ3v) is 4.43. The molecule has 0 radical (unpaired) electrons. The lowest BCUT2D eigenvalue weighted by molar-refractivity contribution is 0.142. The summed E-state index contributed by atoms with van der Waals surface area (Å²) in [6, 6.07) is 1.37. The van der Waals surface area contributed by atoms with Crippen LogP contribution in [0.25, 0.3) is 0 Å². The number of rotatable bonds is 6. The largest absolute Gasteiger partial charge is 0.329 e. The van der Waals surface area contributed by atoms with Gasteiger partial charge in [-0.1, -0.05) is 12.8 Å². The van der Waals surface area contributed by atoms with Crippen molar-refractivity contribution in [3.8, 4) is 0 Å². The van der Waals surface area contributed by atoms with Gasteiger partial charge in [0.25, 0.3) is 0 Å². The van der Waals surface area contributed by atoms with Crippen LogP contribution in [0.2, 0.25) is 0 Å². The summed E-state index contributed by atoms with van der Waals surface area (Å²) in [4.78, 5) is 2.67. The Balaban J connectivity index is 2.41. The minimum Gasteiger partial charge on any atom is -0.329 e. The zero-order chi connectivity index (χ0) is 11.8. The van der Waals surface area contributed by atoms with E-state index < -0.39 is 0 Å². The van der Waals surface area contributed by atoms with E-state index in [-0.39, 0.29) is 0 Å². The Morgan fingerprint density at radius 3 is 2.88 bits per heavy atom. The normalized spacial score (nSPS) is 25.3. The molecule has 0 aromatic carbocycles. The first-order valence-electron chi connectivity index (χ1n) is 6.74. The van der Waals surface area contributed by atoms with E-state index >= 15 is 0 Å². The summed E-state index contributed by atoms with van der Waals surface area (Å²) in [5.74, 6) is 1.28. The maximum Gasteiger partial charge on any atom is 0.0221 e. The molecule has 1 saturated heterocycles. The van der Waals surface area contributed by atoms with Gasteiger partial charge in [0.2, 0.25) is 0 Å². The molecule has 0 aromatic rings. The average molecular weight is 244 g/mol. The van der Waals surface area contributed by atoms with Crippen LogP contribution in [0.4, 0.5) is 0 Å². The van der Waals surface area contributed by atoms with Gasteiger partial charge < -0.3 is 5.73 Å². The van der Waals surface area contributed by atoms with Crippen LogP contribution in [0.5, 0.6) is 0 Å². The summed E-state index contributed by atoms with van der Waals surface area (Å²) >= 11 is 1.95. The lowest BCUT2D eigenvalue weighted by Crippen LogP contribution is -2.45. The van der Waals surface area contributed by atoms with Crippen molar-refractivity contribution >= 4 is 11.8 Å². The van der Waals surface area contributed by atoms with Crippen molar-refractivity contribution in [1.82, 2.24) is 4.90 Å². The van der Waals surface area contributed by atoms with E-state index in [0.717, 1.165) is 12.6 Å². The number of hydrogen-bond acceptors (Lipinski definition) is 3. The monoisotopic (exact) mass is 244 g/mol. The Morgan fingerprint density at radius 1 is 1.38 bits per heavy atom. The van der Waals surface area contributed by atoms with Gasteiger partial charge in [0.15, 0.2) is 0 Å². The molecular weight excluding hydrogens is 216 g/mol. The maximum atomic E-state index is 5.95. The molecule has 0 amide bonds. The van der Waals surface area contributed by atoms with Crippen molar-refractivity contribution < 1.29 is 0 Å². The topological polar surface area (TPSA) is 29.3 Å². The highest BCUT2D eigenvalue weighted by atomic mass is 32.2. The second kappa shape index (κ2) is 8.37. The third-order valence-electron chi connectivity index (χ3n) is 3.73. The van der Waals surface area contributed by atoms with Gasteiger partial charge in [-0.15, -0.1) is 0 Å². The van der Waals surface area contributed by atoms with Crippen molar-refractivity contribution in [2.24, 2.45) is 5.73 Å². The molecule has 2 atom stereocenters. The predicted octanol–water partition coefficient (Wildman–Crippen LogP) is 2.72. The van der Waals surface area contributed by atoms with Gasteiger partial charge in [-0.2, -0.15) is 11.8 Å². The Kier molecular flexibility index (Phi) is 7.50. The molecule has 0 spiro atoms. The molecule has 0 saturated carbocycles. The minimum absolute atomic E-state index is 0.625. The van der Waals surface area contributed by atoms with Gasteiger partial charge in [0.05, 0.1) is 0 Å². The van der Waals surface area contributed by atoms with Gasteiger partial charge in [0, 0.05) is 18.6 Å². The van der Waals surface area contributed by atoms with Crippen LogP contribution in [0.15, 0.2) is 0 Å². The van der Waals surface area contributed by atoms with Crippen LogP contribution in [0.1, 0.15) is 45.4 Å². The SMILES string of the molecule is CSCCCC(CN)N1CCCCCC1C. The Bertz CT molecular complexity index is 175. The van der Waals surface area contributed by atoms with Crippen molar-refractivity contribution in [1.29, 1.82) is 0 Å². The molecule has 3 heteroatoms. The van der Waals surface area contributed by atoms with Gasteiger partial charge in [-0.3, -0.25) is 4.90 Å². The number of nitrogens with zero attached hydrogens (tertiary/aromatic N) is 1. The molecule has 1 rings (SSSR count). The van der Waals surface area contributed by atoms with Crippen LogP contribution >= 0.6 is 11.8 Å².